The van der Waals surface area contributed by atoms with E-state index >= 15 is 0 Å². The topological polar surface area (TPSA) is 34.1 Å². The van der Waals surface area contributed by atoms with Gasteiger partial charge in [0, 0.05) is 35.7 Å². The van der Waals surface area contributed by atoms with Gasteiger partial charge in [-0.05, 0) is 59.4 Å². The number of rotatable bonds is 10. The quantitative estimate of drug-likeness (QED) is 0.152. The fourth-order valence-electron chi connectivity index (χ4n) is 3.57. The van der Waals surface area contributed by atoms with Crippen molar-refractivity contribution in [2.24, 2.45) is 0 Å². The van der Waals surface area contributed by atoms with Crippen LogP contribution in [-0.2, 0) is 0 Å². The van der Waals surface area contributed by atoms with E-state index in [1.165, 1.54) is 0 Å². The lowest BCUT2D eigenvalue weighted by Crippen LogP contribution is -2.02. The number of unbranched alkanes of at least 4 members (excludes halogenated alkanes) is 2. The van der Waals surface area contributed by atoms with Gasteiger partial charge in [-0.25, -0.2) is 0 Å². The molecule has 0 aromatic heterocycles. The van der Waals surface area contributed by atoms with Gasteiger partial charge < -0.3 is 0 Å². The van der Waals surface area contributed by atoms with E-state index in [4.69, 9.17) is 23.2 Å². The molecule has 4 heteroatoms. The molecule has 0 atom stereocenters. The van der Waals surface area contributed by atoms with E-state index in [1.54, 1.807) is 0 Å². The van der Waals surface area contributed by atoms with Crippen molar-refractivity contribution in [3.63, 3.8) is 0 Å². The summed E-state index contributed by atoms with van der Waals surface area (Å²) in [6, 6.07) is 15.7. The summed E-state index contributed by atoms with van der Waals surface area (Å²) >= 11 is 11.5. The summed E-state index contributed by atoms with van der Waals surface area (Å²) in [5, 5.41) is 3.85. The minimum absolute atomic E-state index is 0.142. The molecule has 0 amide bonds. The molecule has 146 valence electrons. The Balaban J connectivity index is 2.00. The number of benzene rings is 3. The summed E-state index contributed by atoms with van der Waals surface area (Å²) in [4.78, 5) is 25.4. The van der Waals surface area contributed by atoms with E-state index in [-0.39, 0.29) is 11.6 Å². The normalized spacial score (nSPS) is 11.2. The van der Waals surface area contributed by atoms with Gasteiger partial charge in [-0.1, -0.05) is 36.4 Å². The first-order valence-electron chi connectivity index (χ1n) is 9.79. The summed E-state index contributed by atoms with van der Waals surface area (Å²) in [6.45, 7) is 0. The smallest absolute Gasteiger partial charge is 0.163 e. The molecule has 0 saturated carbocycles. The van der Waals surface area contributed by atoms with Gasteiger partial charge in [0.15, 0.2) is 11.6 Å². The summed E-state index contributed by atoms with van der Waals surface area (Å²) in [5.74, 6) is 1.44. The van der Waals surface area contributed by atoms with E-state index in [9.17, 15) is 9.59 Å². The number of ketones is 2. The first-order chi connectivity index (χ1) is 13.7. The van der Waals surface area contributed by atoms with Crippen molar-refractivity contribution < 1.29 is 9.59 Å². The second kappa shape index (κ2) is 10.0. The molecule has 0 spiro atoms. The average Bonchev–Trinajstić information content (AvgIpc) is 2.71. The molecule has 0 bridgehead atoms. The molecule has 0 radical (unpaired) electrons. The molecule has 3 aromatic carbocycles. The van der Waals surface area contributed by atoms with Gasteiger partial charge in [0.2, 0.25) is 0 Å². The Morgan fingerprint density at radius 1 is 0.643 bits per heavy atom. The molecule has 0 heterocycles. The Morgan fingerprint density at radius 3 is 1.46 bits per heavy atom. The average molecular weight is 415 g/mol. The van der Waals surface area contributed by atoms with Crippen LogP contribution in [-0.4, -0.2) is 23.3 Å². The van der Waals surface area contributed by atoms with Gasteiger partial charge >= 0.3 is 0 Å². The molecular weight excluding hydrogens is 391 g/mol. The minimum Gasteiger partial charge on any atom is -0.294 e. The van der Waals surface area contributed by atoms with E-state index in [0.717, 1.165) is 58.4 Å². The van der Waals surface area contributed by atoms with Crippen molar-refractivity contribution in [3.8, 4) is 0 Å². The molecule has 0 saturated heterocycles. The molecular formula is C24H24Cl2O2. The largest absolute Gasteiger partial charge is 0.294 e. The third kappa shape index (κ3) is 4.74. The van der Waals surface area contributed by atoms with Crippen LogP contribution in [0.3, 0.4) is 0 Å². The first kappa shape index (κ1) is 20.8. The summed E-state index contributed by atoms with van der Waals surface area (Å²) in [7, 11) is 0. The third-order valence-electron chi connectivity index (χ3n) is 5.06. The monoisotopic (exact) mass is 414 g/mol. The van der Waals surface area contributed by atoms with Gasteiger partial charge in [0.25, 0.3) is 0 Å². The lowest BCUT2D eigenvalue weighted by molar-refractivity contribution is 0.0973. The van der Waals surface area contributed by atoms with Crippen molar-refractivity contribution in [3.05, 3.63) is 59.7 Å². The molecule has 0 aliphatic heterocycles. The van der Waals surface area contributed by atoms with Crippen molar-refractivity contribution in [2.45, 2.75) is 38.5 Å². The highest BCUT2D eigenvalue weighted by Gasteiger charge is 2.14. The van der Waals surface area contributed by atoms with Crippen molar-refractivity contribution in [1.29, 1.82) is 0 Å². The highest BCUT2D eigenvalue weighted by atomic mass is 35.5. The second-order valence-corrected chi connectivity index (χ2v) is 7.80. The second-order valence-electron chi connectivity index (χ2n) is 7.04. The van der Waals surface area contributed by atoms with Gasteiger partial charge in [-0.3, -0.25) is 9.59 Å². The Labute approximate surface area is 175 Å². The molecule has 0 N–H and O–H groups in total. The van der Waals surface area contributed by atoms with Gasteiger partial charge in [-0.2, -0.15) is 0 Å². The standard InChI is InChI=1S/C24H24Cl2O2/c25-13-3-1-11-23(27)19-9-5-7-17-16-22-18(15-21(17)19)8-6-10-20(22)24(28)12-2-4-14-26/h5-10,15-16H,1-4,11-14H2. The lowest BCUT2D eigenvalue weighted by Gasteiger charge is -2.10. The van der Waals surface area contributed by atoms with Crippen LogP contribution >= 0.6 is 23.2 Å². The predicted molar refractivity (Wildman–Crippen MR) is 119 cm³/mol. The molecule has 0 fully saturated rings. The third-order valence-corrected chi connectivity index (χ3v) is 5.59. The van der Waals surface area contributed by atoms with Crippen LogP contribution in [0.1, 0.15) is 59.2 Å². The molecule has 3 rings (SSSR count). The molecule has 0 unspecified atom stereocenters. The molecule has 28 heavy (non-hydrogen) atoms. The molecule has 2 nitrogen and oxygen atoms in total. The van der Waals surface area contributed by atoms with E-state index in [2.05, 4.69) is 0 Å². The maximum absolute atomic E-state index is 12.7. The summed E-state index contributed by atoms with van der Waals surface area (Å²) < 4.78 is 0. The van der Waals surface area contributed by atoms with Gasteiger partial charge in [0.05, 0.1) is 0 Å². The van der Waals surface area contributed by atoms with Crippen LogP contribution in [0.25, 0.3) is 21.5 Å². The fraction of sp³-hybridized carbons (Fsp3) is 0.333. The first-order valence-corrected chi connectivity index (χ1v) is 10.9. The number of hydrogen-bond acceptors (Lipinski definition) is 2. The van der Waals surface area contributed by atoms with Crippen molar-refractivity contribution in [2.75, 3.05) is 11.8 Å². The van der Waals surface area contributed by atoms with Crippen molar-refractivity contribution >= 4 is 56.3 Å². The van der Waals surface area contributed by atoms with E-state index in [1.807, 2.05) is 48.5 Å². The van der Waals surface area contributed by atoms with Crippen LogP contribution in [0, 0.1) is 0 Å². The van der Waals surface area contributed by atoms with E-state index < -0.39 is 0 Å². The summed E-state index contributed by atoms with van der Waals surface area (Å²) in [5.41, 5.74) is 1.49. The van der Waals surface area contributed by atoms with Crippen molar-refractivity contribution in [1.82, 2.24) is 0 Å². The zero-order valence-corrected chi connectivity index (χ0v) is 17.4. The molecule has 3 aromatic rings. The molecule has 0 aliphatic carbocycles. The Hall–Kier alpha value is -1.90. The molecule has 0 aliphatic rings. The Kier molecular flexibility index (Phi) is 7.47. The van der Waals surface area contributed by atoms with Gasteiger partial charge in [0.1, 0.15) is 0 Å². The highest BCUT2D eigenvalue weighted by molar-refractivity contribution is 6.18. The number of carbonyl (C=O) groups is 2. The predicted octanol–water partition coefficient (Wildman–Crippen LogP) is 7.18. The number of Topliss-reactive ketones (excluding diaryl/α,β-unsaturated/α-hetero) is 2. The number of hydrogen-bond donors (Lipinski definition) is 0. The van der Waals surface area contributed by atoms with Crippen LogP contribution in [0.15, 0.2) is 48.5 Å². The summed E-state index contributed by atoms with van der Waals surface area (Å²) in [6.07, 6.45) is 4.29. The number of halogens is 2. The van der Waals surface area contributed by atoms with Crippen LogP contribution in [0.5, 0.6) is 0 Å². The fourth-order valence-corrected chi connectivity index (χ4v) is 3.94. The van der Waals surface area contributed by atoms with Crippen LogP contribution in [0.4, 0.5) is 0 Å². The van der Waals surface area contributed by atoms with Gasteiger partial charge in [-0.15, -0.1) is 23.2 Å². The van der Waals surface area contributed by atoms with E-state index in [0.29, 0.717) is 24.6 Å². The Bertz CT molecular complexity index is 913. The van der Waals surface area contributed by atoms with Crippen LogP contribution in [0.2, 0.25) is 0 Å². The van der Waals surface area contributed by atoms with Crippen LogP contribution < -0.4 is 0 Å². The SMILES string of the molecule is O=C(CCCCCl)c1cccc2cc3c(C(=O)CCCCCl)cccc3cc12. The zero-order chi connectivity index (χ0) is 19.9. The Morgan fingerprint density at radius 2 is 1.07 bits per heavy atom. The lowest BCUT2D eigenvalue weighted by atomic mass is 9.93. The maximum atomic E-state index is 12.7. The highest BCUT2D eigenvalue weighted by Crippen LogP contribution is 2.29. The number of alkyl halides is 2. The number of carbonyl (C=O) groups excluding carboxylic acids is 2. The zero-order valence-electron chi connectivity index (χ0n) is 15.8. The maximum Gasteiger partial charge on any atom is 0.163 e. The number of fused-ring (bicyclic) bond motifs is 2. The minimum atomic E-state index is 0.142.